The van der Waals surface area contributed by atoms with Crippen molar-refractivity contribution in [3.63, 3.8) is 0 Å². The molecule has 0 fully saturated rings. The molecule has 0 spiro atoms. The summed E-state index contributed by atoms with van der Waals surface area (Å²) in [6, 6.07) is 2.73. The van der Waals surface area contributed by atoms with Crippen LogP contribution in [0.4, 0.5) is 0 Å². The highest BCUT2D eigenvalue weighted by atomic mass is 79.9. The van der Waals surface area contributed by atoms with Crippen LogP contribution in [0.2, 0.25) is 4.34 Å². The van der Waals surface area contributed by atoms with Crippen LogP contribution in [0.25, 0.3) is 0 Å². The predicted molar refractivity (Wildman–Crippen MR) is 87.2 cm³/mol. The second-order valence-electron chi connectivity index (χ2n) is 4.51. The van der Waals surface area contributed by atoms with E-state index in [1.807, 2.05) is 0 Å². The number of rotatable bonds is 8. The summed E-state index contributed by atoms with van der Waals surface area (Å²) in [5.74, 6) is 0. The number of hydrogen-bond acceptors (Lipinski definition) is 4. The number of methoxy groups -OCH3 is 1. The zero-order chi connectivity index (χ0) is 14.4. The van der Waals surface area contributed by atoms with Crippen LogP contribution in [0.3, 0.4) is 0 Å². The van der Waals surface area contributed by atoms with Crippen LogP contribution in [0.1, 0.15) is 31.2 Å². The molecule has 0 radical (unpaired) electrons. The van der Waals surface area contributed by atoms with Gasteiger partial charge in [0, 0.05) is 35.6 Å². The van der Waals surface area contributed by atoms with Gasteiger partial charge in [-0.15, -0.1) is 11.3 Å². The van der Waals surface area contributed by atoms with E-state index in [-0.39, 0.29) is 6.04 Å². The number of nitrogens with two attached hydrogens (primary N) is 1. The van der Waals surface area contributed by atoms with Gasteiger partial charge in [-0.25, -0.2) is 0 Å². The molecule has 0 saturated carbocycles. The number of halogens is 2. The predicted octanol–water partition coefficient (Wildman–Crippen LogP) is 3.91. The number of hydrogen-bond donors (Lipinski definition) is 1. The third kappa shape index (κ3) is 4.69. The van der Waals surface area contributed by atoms with Crippen LogP contribution < -0.4 is 5.73 Å². The molecule has 0 saturated heterocycles. The van der Waals surface area contributed by atoms with Gasteiger partial charge in [0.1, 0.15) is 4.34 Å². The van der Waals surface area contributed by atoms with E-state index in [2.05, 4.69) is 40.7 Å². The molecule has 2 unspecified atom stereocenters. The topological polar surface area (TPSA) is 38.5 Å². The summed E-state index contributed by atoms with van der Waals surface area (Å²) < 4.78 is 6.94. The maximum Gasteiger partial charge on any atom is 0.107 e. The average molecular weight is 370 g/mol. The van der Waals surface area contributed by atoms with Crippen molar-refractivity contribution in [1.82, 2.24) is 4.90 Å². The molecule has 1 rings (SSSR count). The number of thiophene rings is 1. The van der Waals surface area contributed by atoms with Crippen molar-refractivity contribution in [1.29, 1.82) is 0 Å². The number of nitrogens with zero attached hydrogens (tertiary/aromatic N) is 1. The summed E-state index contributed by atoms with van der Waals surface area (Å²) in [7, 11) is 1.73. The summed E-state index contributed by atoms with van der Waals surface area (Å²) in [6.07, 6.45) is 1.08. The van der Waals surface area contributed by atoms with Crippen molar-refractivity contribution in [3.05, 3.63) is 19.8 Å². The Morgan fingerprint density at radius 1 is 1.58 bits per heavy atom. The molecule has 2 N–H and O–H groups in total. The van der Waals surface area contributed by atoms with Crippen molar-refractivity contribution in [2.75, 3.05) is 26.8 Å². The van der Waals surface area contributed by atoms with E-state index in [9.17, 15) is 0 Å². The molecule has 1 aromatic heterocycles. The Labute approximate surface area is 133 Å². The fraction of sp³-hybridized carbons (Fsp3) is 0.692. The van der Waals surface area contributed by atoms with Gasteiger partial charge < -0.3 is 10.5 Å². The smallest absolute Gasteiger partial charge is 0.107 e. The molecule has 1 aromatic rings. The summed E-state index contributed by atoms with van der Waals surface area (Å²) in [5, 5.41) is 0. The maximum absolute atomic E-state index is 6.14. The molecule has 0 bridgehead atoms. The third-order valence-corrected chi connectivity index (χ3v) is 5.90. The fourth-order valence-electron chi connectivity index (χ4n) is 2.06. The molecule has 0 aliphatic carbocycles. The molecule has 1 heterocycles. The summed E-state index contributed by atoms with van der Waals surface area (Å²) >= 11 is 11.2. The van der Waals surface area contributed by atoms with Gasteiger partial charge in [-0.3, -0.25) is 4.90 Å². The lowest BCUT2D eigenvalue weighted by molar-refractivity contribution is 0.0915. The standard InChI is InChI=1S/C13H22BrClN2OS/c1-4-9(2)17(5-6-18-3)11(8-16)12-7-10(14)13(15)19-12/h7,9,11H,4-6,8,16H2,1-3H3. The molecule has 3 nitrogen and oxygen atoms in total. The van der Waals surface area contributed by atoms with E-state index in [0.717, 1.165) is 21.8 Å². The van der Waals surface area contributed by atoms with Gasteiger partial charge in [0.2, 0.25) is 0 Å². The second kappa shape index (κ2) is 8.60. The number of ether oxygens (including phenoxy) is 1. The Hall–Kier alpha value is 0.350. The van der Waals surface area contributed by atoms with Gasteiger partial charge in [-0.2, -0.15) is 0 Å². The lowest BCUT2D eigenvalue weighted by atomic mass is 10.1. The molecular formula is C13H22BrClN2OS. The van der Waals surface area contributed by atoms with Crippen LogP contribution in [-0.4, -0.2) is 37.7 Å². The van der Waals surface area contributed by atoms with Crippen LogP contribution in [-0.2, 0) is 4.74 Å². The van der Waals surface area contributed by atoms with Gasteiger partial charge in [0.05, 0.1) is 12.6 Å². The lowest BCUT2D eigenvalue weighted by Crippen LogP contribution is -2.41. The molecule has 110 valence electrons. The SMILES string of the molecule is CCC(C)N(CCOC)C(CN)c1cc(Br)c(Cl)s1. The zero-order valence-corrected chi connectivity index (χ0v) is 14.8. The van der Waals surface area contributed by atoms with E-state index >= 15 is 0 Å². The van der Waals surface area contributed by atoms with E-state index in [4.69, 9.17) is 22.1 Å². The maximum atomic E-state index is 6.14. The minimum atomic E-state index is 0.193. The fourth-order valence-corrected chi connectivity index (χ4v) is 3.93. The first-order valence-electron chi connectivity index (χ1n) is 6.44. The first kappa shape index (κ1) is 17.4. The van der Waals surface area contributed by atoms with Gasteiger partial charge in [-0.05, 0) is 35.3 Å². The van der Waals surface area contributed by atoms with Crippen molar-refractivity contribution in [2.24, 2.45) is 5.73 Å². The Morgan fingerprint density at radius 3 is 2.68 bits per heavy atom. The van der Waals surface area contributed by atoms with E-state index < -0.39 is 0 Å². The third-order valence-electron chi connectivity index (χ3n) is 3.33. The normalized spacial score (nSPS) is 14.9. The van der Waals surface area contributed by atoms with Gasteiger partial charge in [0.25, 0.3) is 0 Å². The molecule has 0 amide bonds. The quantitative estimate of drug-likeness (QED) is 0.755. The Kier molecular flexibility index (Phi) is 7.87. The molecule has 2 atom stereocenters. The van der Waals surface area contributed by atoms with Crippen molar-refractivity contribution in [3.8, 4) is 0 Å². The first-order chi connectivity index (χ1) is 9.04. The lowest BCUT2D eigenvalue weighted by Gasteiger charge is -2.35. The first-order valence-corrected chi connectivity index (χ1v) is 8.43. The van der Waals surface area contributed by atoms with Gasteiger partial charge in [-0.1, -0.05) is 18.5 Å². The van der Waals surface area contributed by atoms with Gasteiger partial charge >= 0.3 is 0 Å². The molecular weight excluding hydrogens is 348 g/mol. The summed E-state index contributed by atoms with van der Waals surface area (Å²) in [6.45, 7) is 6.58. The summed E-state index contributed by atoms with van der Waals surface area (Å²) in [4.78, 5) is 3.61. The van der Waals surface area contributed by atoms with Crippen molar-refractivity contribution in [2.45, 2.75) is 32.4 Å². The minimum Gasteiger partial charge on any atom is -0.383 e. The summed E-state index contributed by atoms with van der Waals surface area (Å²) in [5.41, 5.74) is 6.00. The molecule has 0 aliphatic heterocycles. The average Bonchev–Trinajstić information content (AvgIpc) is 2.73. The highest BCUT2D eigenvalue weighted by Crippen LogP contribution is 2.37. The van der Waals surface area contributed by atoms with E-state index in [0.29, 0.717) is 19.2 Å². The highest BCUT2D eigenvalue weighted by Gasteiger charge is 2.25. The molecule has 0 aliphatic rings. The van der Waals surface area contributed by atoms with Crippen molar-refractivity contribution >= 4 is 38.9 Å². The van der Waals surface area contributed by atoms with Crippen LogP contribution in [0.5, 0.6) is 0 Å². The molecule has 6 heteroatoms. The van der Waals surface area contributed by atoms with Crippen LogP contribution in [0, 0.1) is 0 Å². The zero-order valence-electron chi connectivity index (χ0n) is 11.7. The second-order valence-corrected chi connectivity index (χ2v) is 7.05. The highest BCUT2D eigenvalue weighted by molar-refractivity contribution is 9.10. The van der Waals surface area contributed by atoms with E-state index in [1.54, 1.807) is 18.4 Å². The Morgan fingerprint density at radius 2 is 2.26 bits per heavy atom. The largest absolute Gasteiger partial charge is 0.383 e. The molecule has 0 aromatic carbocycles. The Balaban J connectivity index is 2.94. The van der Waals surface area contributed by atoms with Crippen LogP contribution >= 0.6 is 38.9 Å². The van der Waals surface area contributed by atoms with E-state index in [1.165, 1.54) is 4.88 Å². The monoisotopic (exact) mass is 368 g/mol. The van der Waals surface area contributed by atoms with Gasteiger partial charge in [0.15, 0.2) is 0 Å². The molecule has 19 heavy (non-hydrogen) atoms. The minimum absolute atomic E-state index is 0.193. The van der Waals surface area contributed by atoms with Crippen LogP contribution in [0.15, 0.2) is 10.5 Å². The van der Waals surface area contributed by atoms with Crippen molar-refractivity contribution < 1.29 is 4.74 Å². The Bertz CT molecular complexity index is 369.